The van der Waals surface area contributed by atoms with E-state index in [0.717, 1.165) is 0 Å². The fourth-order valence-electron chi connectivity index (χ4n) is 0.520. The molecular formula is C4H2F7NaO3S. The van der Waals surface area contributed by atoms with E-state index in [1.165, 1.54) is 0 Å². The van der Waals surface area contributed by atoms with E-state index < -0.39 is 33.9 Å². The van der Waals surface area contributed by atoms with Crippen molar-refractivity contribution in [3.8, 4) is 0 Å². The summed E-state index contributed by atoms with van der Waals surface area (Å²) in [5.74, 6) is -15.7. The predicted octanol–water partition coefficient (Wildman–Crippen LogP) is -1.63. The molecule has 0 aliphatic carbocycles. The van der Waals surface area contributed by atoms with E-state index in [1.54, 1.807) is 0 Å². The van der Waals surface area contributed by atoms with Gasteiger partial charge in [-0.2, -0.15) is 30.7 Å². The van der Waals surface area contributed by atoms with Crippen molar-refractivity contribution in [3.63, 3.8) is 0 Å². The van der Waals surface area contributed by atoms with Crippen LogP contribution in [0.2, 0.25) is 0 Å². The molecule has 0 aliphatic rings. The van der Waals surface area contributed by atoms with Crippen molar-refractivity contribution in [1.82, 2.24) is 0 Å². The average Bonchev–Trinajstić information content (AvgIpc) is 1.77. The summed E-state index contributed by atoms with van der Waals surface area (Å²) in [5.41, 5.74) is 0. The number of alkyl halides is 7. The van der Waals surface area contributed by atoms with Crippen LogP contribution >= 0.6 is 0 Å². The van der Waals surface area contributed by atoms with Crippen LogP contribution in [0.25, 0.3) is 0 Å². The van der Waals surface area contributed by atoms with Crippen molar-refractivity contribution in [2.45, 2.75) is 18.0 Å². The largest absolute Gasteiger partial charge is 1.00 e. The van der Waals surface area contributed by atoms with Gasteiger partial charge in [-0.1, -0.05) is 0 Å². The van der Waals surface area contributed by atoms with E-state index in [-0.39, 0.29) is 29.6 Å². The molecule has 0 unspecified atom stereocenters. The zero-order valence-corrected chi connectivity index (χ0v) is 10.3. The minimum atomic E-state index is -6.64. The molecule has 0 N–H and O–H groups in total. The number of hydrogen-bond acceptors (Lipinski definition) is 3. The summed E-state index contributed by atoms with van der Waals surface area (Å²) < 4.78 is 111. The molecule has 0 amide bonds. The van der Waals surface area contributed by atoms with Crippen LogP contribution in [-0.2, 0) is 10.1 Å². The summed E-state index contributed by atoms with van der Waals surface area (Å²) in [7, 11) is -5.91. The van der Waals surface area contributed by atoms with Gasteiger partial charge in [0, 0.05) is 0 Å². The van der Waals surface area contributed by atoms with Crippen molar-refractivity contribution < 1.29 is 73.3 Å². The summed E-state index contributed by atoms with van der Waals surface area (Å²) >= 11 is 0. The summed E-state index contributed by atoms with van der Waals surface area (Å²) in [6.07, 6.45) is -6.64. The fourth-order valence-corrected chi connectivity index (χ4v) is 1.15. The minimum absolute atomic E-state index is 0. The molecule has 0 aliphatic heterocycles. The van der Waals surface area contributed by atoms with E-state index in [9.17, 15) is 43.7 Å². The van der Waals surface area contributed by atoms with Gasteiger partial charge in [0.25, 0.3) is 0 Å². The van der Waals surface area contributed by atoms with Crippen molar-refractivity contribution in [1.29, 1.82) is 0 Å². The molecule has 0 aromatic heterocycles. The Morgan fingerprint density at radius 1 is 0.938 bits per heavy atom. The molecule has 0 saturated carbocycles. The summed E-state index contributed by atoms with van der Waals surface area (Å²) in [5, 5.41) is 0. The maximum atomic E-state index is 12.1. The second kappa shape index (κ2) is 4.96. The third kappa shape index (κ3) is 4.35. The van der Waals surface area contributed by atoms with Gasteiger partial charge in [0.05, 0.1) is 0 Å². The molecule has 0 atom stereocenters. The van der Waals surface area contributed by atoms with E-state index >= 15 is 0 Å². The first-order valence-electron chi connectivity index (χ1n) is 2.97. The topological polar surface area (TPSA) is 57.2 Å². The quantitative estimate of drug-likeness (QED) is 0.355. The normalized spacial score (nSPS) is 14.5. The first-order valence-corrected chi connectivity index (χ1v) is 4.54. The van der Waals surface area contributed by atoms with Crippen LogP contribution in [0.4, 0.5) is 30.7 Å². The van der Waals surface area contributed by atoms with Crippen LogP contribution in [0, 0.1) is 0 Å². The molecule has 0 rings (SSSR count). The molecule has 0 heterocycles. The Morgan fingerprint density at radius 3 is 1.44 bits per heavy atom. The number of hydrogen-bond donors (Lipinski definition) is 0. The van der Waals surface area contributed by atoms with E-state index in [0.29, 0.717) is 0 Å². The van der Waals surface area contributed by atoms with Crippen LogP contribution in [0.3, 0.4) is 0 Å². The van der Waals surface area contributed by atoms with Gasteiger partial charge in [-0.15, -0.1) is 0 Å². The first kappa shape index (κ1) is 18.8. The van der Waals surface area contributed by atoms with E-state index in [2.05, 4.69) is 0 Å². The smallest absolute Gasteiger partial charge is 0.748 e. The van der Waals surface area contributed by atoms with Crippen LogP contribution in [-0.4, -0.2) is 36.7 Å². The summed E-state index contributed by atoms with van der Waals surface area (Å²) in [6.45, 7) is 0. The molecule has 12 heteroatoms. The van der Waals surface area contributed by atoms with Crippen LogP contribution in [0.15, 0.2) is 0 Å². The molecule has 0 saturated heterocycles. The standard InChI is InChI=1S/C4H3F7O3S.Na/c5-2(6,1-15(12,13)14)3(7,8)4(9,10)11;/h1H2,(H,12,13,14);/q;+1/p-1. The molecule has 92 valence electrons. The summed E-state index contributed by atoms with van der Waals surface area (Å²) in [4.78, 5) is 0. The Balaban J connectivity index is 0. The van der Waals surface area contributed by atoms with Crippen molar-refractivity contribution >= 4 is 10.1 Å². The second-order valence-corrected chi connectivity index (χ2v) is 3.88. The van der Waals surface area contributed by atoms with Gasteiger partial charge in [-0.3, -0.25) is 0 Å². The Bertz CT molecular complexity index is 334. The predicted molar refractivity (Wildman–Crippen MR) is 30.5 cm³/mol. The Morgan fingerprint density at radius 2 is 1.25 bits per heavy atom. The van der Waals surface area contributed by atoms with E-state index in [4.69, 9.17) is 0 Å². The molecule has 0 radical (unpaired) electrons. The molecule has 0 bridgehead atoms. The second-order valence-electron chi connectivity index (χ2n) is 2.48. The molecule has 0 spiro atoms. The van der Waals surface area contributed by atoms with Gasteiger partial charge in [-0.25, -0.2) is 8.42 Å². The Hall–Kier alpha value is 0.420. The van der Waals surface area contributed by atoms with Crippen LogP contribution < -0.4 is 29.6 Å². The third-order valence-corrected chi connectivity index (χ3v) is 1.89. The SMILES string of the molecule is O=S(=O)([O-])CC(F)(F)C(F)(F)C(F)(F)F.[Na+]. The third-order valence-electron chi connectivity index (χ3n) is 1.17. The fraction of sp³-hybridized carbons (Fsp3) is 1.00. The van der Waals surface area contributed by atoms with Gasteiger partial charge < -0.3 is 4.55 Å². The summed E-state index contributed by atoms with van der Waals surface area (Å²) in [6, 6.07) is 0. The average molecular weight is 286 g/mol. The van der Waals surface area contributed by atoms with Crippen molar-refractivity contribution in [2.24, 2.45) is 0 Å². The number of rotatable bonds is 3. The van der Waals surface area contributed by atoms with Crippen molar-refractivity contribution in [3.05, 3.63) is 0 Å². The van der Waals surface area contributed by atoms with Gasteiger partial charge >= 0.3 is 47.6 Å². The zero-order chi connectivity index (χ0) is 12.7. The molecule has 0 fully saturated rings. The Labute approximate surface area is 107 Å². The Kier molecular flexibility index (Phi) is 5.82. The molecule has 0 aromatic carbocycles. The first-order chi connectivity index (χ1) is 6.21. The molecule has 0 aromatic rings. The van der Waals surface area contributed by atoms with Crippen LogP contribution in [0.1, 0.15) is 0 Å². The van der Waals surface area contributed by atoms with Gasteiger partial charge in [0.2, 0.25) is 0 Å². The van der Waals surface area contributed by atoms with Crippen molar-refractivity contribution in [2.75, 3.05) is 5.75 Å². The zero-order valence-electron chi connectivity index (χ0n) is 7.49. The van der Waals surface area contributed by atoms with Gasteiger partial charge in [0.15, 0.2) is 0 Å². The van der Waals surface area contributed by atoms with E-state index in [1.807, 2.05) is 0 Å². The maximum Gasteiger partial charge on any atom is 1.00 e. The molecule has 16 heavy (non-hydrogen) atoms. The van der Waals surface area contributed by atoms with Gasteiger partial charge in [0.1, 0.15) is 15.9 Å². The maximum absolute atomic E-state index is 12.1. The molecular weight excluding hydrogens is 284 g/mol. The minimum Gasteiger partial charge on any atom is -0.748 e. The number of halogens is 7. The molecule has 3 nitrogen and oxygen atoms in total. The monoisotopic (exact) mass is 286 g/mol. The van der Waals surface area contributed by atoms with Crippen LogP contribution in [0.5, 0.6) is 0 Å². The van der Waals surface area contributed by atoms with Gasteiger partial charge in [-0.05, 0) is 0 Å².